The summed E-state index contributed by atoms with van der Waals surface area (Å²) in [6.45, 7) is 2.36. The van der Waals surface area contributed by atoms with E-state index in [0.29, 0.717) is 12.2 Å². The number of aromatic nitrogens is 1. The molecule has 0 spiro atoms. The molecule has 2 rings (SSSR count). The largest absolute Gasteiger partial charge is 0.390 e. The Bertz CT molecular complexity index is 708. The Morgan fingerprint density at radius 3 is 2.52 bits per heavy atom. The molecular formula is C14H17FN2O3S. The van der Waals surface area contributed by atoms with Gasteiger partial charge in [-0.05, 0) is 36.8 Å². The Labute approximate surface area is 123 Å². The minimum atomic E-state index is -3.76. The second-order valence-electron chi connectivity index (χ2n) is 4.63. The van der Waals surface area contributed by atoms with Gasteiger partial charge in [0, 0.05) is 24.1 Å². The average Bonchev–Trinajstić information content (AvgIpc) is 2.86. The van der Waals surface area contributed by atoms with Gasteiger partial charge in [-0.3, -0.25) is 4.72 Å². The van der Waals surface area contributed by atoms with Crippen molar-refractivity contribution in [1.29, 1.82) is 0 Å². The predicted molar refractivity (Wildman–Crippen MR) is 77.9 cm³/mol. The van der Waals surface area contributed by atoms with Crippen molar-refractivity contribution in [3.8, 4) is 0 Å². The molecule has 5 nitrogen and oxygen atoms in total. The highest BCUT2D eigenvalue weighted by molar-refractivity contribution is 7.92. The molecule has 2 N–H and O–H groups in total. The van der Waals surface area contributed by atoms with Crippen molar-refractivity contribution in [3.05, 3.63) is 48.0 Å². The van der Waals surface area contributed by atoms with Gasteiger partial charge in [-0.1, -0.05) is 6.92 Å². The van der Waals surface area contributed by atoms with Crippen LogP contribution in [-0.4, -0.2) is 18.1 Å². The van der Waals surface area contributed by atoms with Crippen LogP contribution in [0.3, 0.4) is 0 Å². The smallest absolute Gasteiger partial charge is 0.263 e. The topological polar surface area (TPSA) is 71.3 Å². The first-order valence-corrected chi connectivity index (χ1v) is 8.03. The summed E-state index contributed by atoms with van der Waals surface area (Å²) in [6, 6.07) is 6.49. The fraction of sp³-hybridized carbons (Fsp3) is 0.286. The molecule has 0 fully saturated rings. The Morgan fingerprint density at radius 2 is 1.95 bits per heavy atom. The van der Waals surface area contributed by atoms with Gasteiger partial charge in [0.15, 0.2) is 0 Å². The van der Waals surface area contributed by atoms with Crippen molar-refractivity contribution in [3.63, 3.8) is 0 Å². The number of halogens is 1. The minimum Gasteiger partial charge on any atom is -0.390 e. The van der Waals surface area contributed by atoms with Crippen LogP contribution < -0.4 is 4.72 Å². The van der Waals surface area contributed by atoms with E-state index in [4.69, 9.17) is 0 Å². The first-order valence-electron chi connectivity index (χ1n) is 6.54. The molecule has 0 unspecified atom stereocenters. The molecule has 0 amide bonds. The Balaban J connectivity index is 2.28. The number of benzene rings is 1. The van der Waals surface area contributed by atoms with E-state index in [2.05, 4.69) is 4.72 Å². The number of nitrogens with zero attached hydrogens (tertiary/aromatic N) is 1. The summed E-state index contributed by atoms with van der Waals surface area (Å²) >= 11 is 0. The van der Waals surface area contributed by atoms with Crippen molar-refractivity contribution in [2.24, 2.45) is 0 Å². The van der Waals surface area contributed by atoms with Crippen molar-refractivity contribution in [2.45, 2.75) is 31.4 Å². The summed E-state index contributed by atoms with van der Waals surface area (Å²) in [5, 5.41) is 9.27. The lowest BCUT2D eigenvalue weighted by molar-refractivity contribution is 0.270. The SMILES string of the molecule is CCCn1cc(S(=O)(=O)Nc2ccc(F)cc2)cc1CO. The zero-order chi connectivity index (χ0) is 15.5. The summed E-state index contributed by atoms with van der Waals surface area (Å²) < 4.78 is 41.5. The van der Waals surface area contributed by atoms with E-state index in [1.807, 2.05) is 6.92 Å². The maximum Gasteiger partial charge on any atom is 0.263 e. The third kappa shape index (κ3) is 3.62. The van der Waals surface area contributed by atoms with Crippen molar-refractivity contribution in [2.75, 3.05) is 4.72 Å². The molecule has 0 radical (unpaired) electrons. The number of aryl methyl sites for hydroxylation is 1. The van der Waals surface area contributed by atoms with Crippen LogP contribution >= 0.6 is 0 Å². The highest BCUT2D eigenvalue weighted by Gasteiger charge is 2.18. The molecule has 1 heterocycles. The Kier molecular flexibility index (Phi) is 4.64. The molecule has 0 bridgehead atoms. The molecule has 1 aromatic heterocycles. The Hall–Kier alpha value is -1.86. The summed E-state index contributed by atoms with van der Waals surface area (Å²) in [4.78, 5) is 0.0734. The van der Waals surface area contributed by atoms with E-state index in [1.54, 1.807) is 4.57 Å². The molecule has 114 valence electrons. The van der Waals surface area contributed by atoms with Gasteiger partial charge in [0.1, 0.15) is 10.7 Å². The highest BCUT2D eigenvalue weighted by atomic mass is 32.2. The summed E-state index contributed by atoms with van der Waals surface area (Å²) in [5.41, 5.74) is 0.821. The van der Waals surface area contributed by atoms with Crippen LogP contribution in [0.4, 0.5) is 10.1 Å². The third-order valence-corrected chi connectivity index (χ3v) is 4.34. The quantitative estimate of drug-likeness (QED) is 0.860. The van der Waals surface area contributed by atoms with E-state index in [1.165, 1.54) is 36.5 Å². The first kappa shape index (κ1) is 15.5. The van der Waals surface area contributed by atoms with Gasteiger partial charge in [-0.25, -0.2) is 12.8 Å². The van der Waals surface area contributed by atoms with Gasteiger partial charge in [0.2, 0.25) is 0 Å². The highest BCUT2D eigenvalue weighted by Crippen LogP contribution is 2.19. The lowest BCUT2D eigenvalue weighted by Gasteiger charge is -2.06. The molecule has 2 aromatic rings. The van der Waals surface area contributed by atoms with E-state index in [-0.39, 0.29) is 17.2 Å². The van der Waals surface area contributed by atoms with E-state index in [9.17, 15) is 17.9 Å². The summed E-state index contributed by atoms with van der Waals surface area (Å²) in [6.07, 6.45) is 2.31. The Morgan fingerprint density at radius 1 is 1.29 bits per heavy atom. The van der Waals surface area contributed by atoms with Gasteiger partial charge in [-0.15, -0.1) is 0 Å². The van der Waals surface area contributed by atoms with Gasteiger partial charge < -0.3 is 9.67 Å². The van der Waals surface area contributed by atoms with Crippen LogP contribution in [0.15, 0.2) is 41.4 Å². The zero-order valence-electron chi connectivity index (χ0n) is 11.6. The van der Waals surface area contributed by atoms with Gasteiger partial charge >= 0.3 is 0 Å². The number of sulfonamides is 1. The first-order chi connectivity index (χ1) is 9.96. The minimum absolute atomic E-state index is 0.0734. The predicted octanol–water partition coefficient (Wildman–Crippen LogP) is 2.33. The molecular weight excluding hydrogens is 295 g/mol. The number of aliphatic hydroxyl groups excluding tert-OH is 1. The number of rotatable bonds is 6. The molecule has 7 heteroatoms. The van der Waals surface area contributed by atoms with Gasteiger partial charge in [0.05, 0.1) is 6.61 Å². The van der Waals surface area contributed by atoms with Crippen LogP contribution in [0.2, 0.25) is 0 Å². The van der Waals surface area contributed by atoms with Crippen LogP contribution in [0.1, 0.15) is 19.0 Å². The second kappa shape index (κ2) is 6.28. The molecule has 0 saturated carbocycles. The fourth-order valence-electron chi connectivity index (χ4n) is 1.99. The molecule has 0 aliphatic heterocycles. The summed E-state index contributed by atoms with van der Waals surface area (Å²) in [5.74, 6) is -0.436. The van der Waals surface area contributed by atoms with Crippen LogP contribution in [0, 0.1) is 5.82 Å². The monoisotopic (exact) mass is 312 g/mol. The summed E-state index contributed by atoms with van der Waals surface area (Å²) in [7, 11) is -3.76. The zero-order valence-corrected chi connectivity index (χ0v) is 12.4. The van der Waals surface area contributed by atoms with E-state index in [0.717, 1.165) is 6.42 Å². The lowest BCUT2D eigenvalue weighted by Crippen LogP contribution is -2.12. The number of aliphatic hydroxyl groups is 1. The third-order valence-electron chi connectivity index (χ3n) is 2.99. The molecule has 0 aliphatic rings. The van der Waals surface area contributed by atoms with E-state index < -0.39 is 15.8 Å². The molecule has 0 atom stereocenters. The van der Waals surface area contributed by atoms with E-state index >= 15 is 0 Å². The maximum atomic E-state index is 12.8. The lowest BCUT2D eigenvalue weighted by atomic mass is 10.3. The number of hydrogen-bond acceptors (Lipinski definition) is 3. The molecule has 0 aliphatic carbocycles. The molecule has 21 heavy (non-hydrogen) atoms. The van der Waals surface area contributed by atoms with Crippen molar-refractivity contribution >= 4 is 15.7 Å². The maximum absolute atomic E-state index is 12.8. The van der Waals surface area contributed by atoms with Crippen molar-refractivity contribution < 1.29 is 17.9 Å². The van der Waals surface area contributed by atoms with Crippen molar-refractivity contribution in [1.82, 2.24) is 4.57 Å². The molecule has 0 saturated heterocycles. The average molecular weight is 312 g/mol. The normalized spacial score (nSPS) is 11.6. The van der Waals surface area contributed by atoms with Gasteiger partial charge in [-0.2, -0.15) is 0 Å². The number of nitrogens with one attached hydrogen (secondary N) is 1. The standard InChI is InChI=1S/C14H17FN2O3S/c1-2-7-17-9-14(8-13(17)10-18)21(19,20)16-12-5-3-11(15)4-6-12/h3-6,8-9,16,18H,2,7,10H2,1H3. The van der Waals surface area contributed by atoms with Crippen LogP contribution in [-0.2, 0) is 23.2 Å². The number of anilines is 1. The van der Waals surface area contributed by atoms with Crippen LogP contribution in [0.25, 0.3) is 0 Å². The van der Waals surface area contributed by atoms with Crippen LogP contribution in [0.5, 0.6) is 0 Å². The van der Waals surface area contributed by atoms with Gasteiger partial charge in [0.25, 0.3) is 10.0 Å². The number of hydrogen-bond donors (Lipinski definition) is 2. The second-order valence-corrected chi connectivity index (χ2v) is 6.31. The fourth-order valence-corrected chi connectivity index (χ4v) is 3.11. The molecule has 1 aromatic carbocycles.